The fourth-order valence-electron chi connectivity index (χ4n) is 3.97. The molecule has 1 amide bonds. The summed E-state index contributed by atoms with van der Waals surface area (Å²) in [6.45, 7) is 1.54. The van der Waals surface area contributed by atoms with E-state index in [1.165, 1.54) is 6.07 Å². The van der Waals surface area contributed by atoms with E-state index in [4.69, 9.17) is 0 Å². The predicted octanol–water partition coefficient (Wildman–Crippen LogP) is 3.50. The molecule has 0 aromatic heterocycles. The number of nitrogens with one attached hydrogen (secondary N) is 2. The molecule has 2 heterocycles. The molecule has 148 valence electrons. The molecule has 2 aliphatic heterocycles. The highest BCUT2D eigenvalue weighted by atomic mass is 127. The number of aliphatic hydroxyl groups is 1. The summed E-state index contributed by atoms with van der Waals surface area (Å²) in [7, 11) is 0. The number of carbonyl (C=O) groups is 1. The number of amides is 1. The summed E-state index contributed by atoms with van der Waals surface area (Å²) in [6, 6.07) is 12.0. The van der Waals surface area contributed by atoms with Crippen molar-refractivity contribution in [2.45, 2.75) is 30.9 Å². The van der Waals surface area contributed by atoms with Crippen LogP contribution in [0.2, 0.25) is 0 Å². The summed E-state index contributed by atoms with van der Waals surface area (Å²) >= 11 is 2.06. The van der Waals surface area contributed by atoms with E-state index in [1.807, 2.05) is 12.1 Å². The molecule has 0 aliphatic carbocycles. The van der Waals surface area contributed by atoms with Gasteiger partial charge >= 0.3 is 0 Å². The first-order valence-corrected chi connectivity index (χ1v) is 10.6. The Balaban J connectivity index is 1.48. The predicted molar refractivity (Wildman–Crippen MR) is 115 cm³/mol. The Morgan fingerprint density at radius 3 is 2.71 bits per heavy atom. The van der Waals surface area contributed by atoms with Crippen molar-refractivity contribution in [2.24, 2.45) is 0 Å². The van der Waals surface area contributed by atoms with E-state index in [9.17, 15) is 14.3 Å². The first kappa shape index (κ1) is 19.6. The average molecular weight is 495 g/mol. The van der Waals surface area contributed by atoms with Gasteiger partial charge in [0.15, 0.2) is 0 Å². The van der Waals surface area contributed by atoms with E-state index >= 15 is 0 Å². The summed E-state index contributed by atoms with van der Waals surface area (Å²) < 4.78 is 15.0. The monoisotopic (exact) mass is 495 g/mol. The van der Waals surface area contributed by atoms with E-state index in [1.54, 1.807) is 29.2 Å². The number of carbonyl (C=O) groups excluding carboxylic acids is 1. The number of rotatable bonds is 4. The molecule has 1 unspecified atom stereocenters. The van der Waals surface area contributed by atoms with Crippen LogP contribution in [-0.4, -0.2) is 47.2 Å². The molecule has 3 N–H and O–H groups in total. The third-order valence-corrected chi connectivity index (χ3v) is 6.20. The lowest BCUT2D eigenvalue weighted by Crippen LogP contribution is -2.72. The molecule has 0 spiro atoms. The lowest BCUT2D eigenvalue weighted by molar-refractivity contribution is -0.108. The Bertz CT molecular complexity index is 880. The Kier molecular flexibility index (Phi) is 5.57. The molecule has 0 saturated carbocycles. The highest BCUT2D eigenvalue weighted by Gasteiger charge is 2.49. The summed E-state index contributed by atoms with van der Waals surface area (Å²) in [6.07, 6.45) is 3.16. The van der Waals surface area contributed by atoms with Crippen LogP contribution in [0.1, 0.15) is 29.6 Å². The van der Waals surface area contributed by atoms with Gasteiger partial charge in [0.2, 0.25) is 0 Å². The van der Waals surface area contributed by atoms with Gasteiger partial charge in [-0.1, -0.05) is 18.6 Å². The molecule has 0 bridgehead atoms. The summed E-state index contributed by atoms with van der Waals surface area (Å²) in [5.74, 6) is -0.523. The summed E-state index contributed by atoms with van der Waals surface area (Å²) in [4.78, 5) is 14.7. The zero-order chi connectivity index (χ0) is 19.7. The smallest absolute Gasteiger partial charge is 0.256 e. The van der Waals surface area contributed by atoms with E-state index < -0.39 is 5.60 Å². The fraction of sp³-hybridized carbons (Fsp3) is 0.381. The molecule has 28 heavy (non-hydrogen) atoms. The van der Waals surface area contributed by atoms with Crippen molar-refractivity contribution in [2.75, 3.05) is 25.0 Å². The van der Waals surface area contributed by atoms with Gasteiger partial charge < -0.3 is 20.6 Å². The lowest BCUT2D eigenvalue weighted by Gasteiger charge is -2.51. The zero-order valence-corrected chi connectivity index (χ0v) is 17.6. The average Bonchev–Trinajstić information content (AvgIpc) is 2.68. The number of benzene rings is 2. The van der Waals surface area contributed by atoms with Gasteiger partial charge in [0.05, 0.1) is 30.0 Å². The highest BCUT2D eigenvalue weighted by Crippen LogP contribution is 2.32. The van der Waals surface area contributed by atoms with E-state index in [2.05, 4.69) is 33.2 Å². The molecular weight excluding hydrogens is 472 g/mol. The number of β-amino-alcohol motifs (C(OH)–C–C–N with tert-alkyl or cyclic N) is 1. The first-order chi connectivity index (χ1) is 13.5. The van der Waals surface area contributed by atoms with E-state index in [0.29, 0.717) is 30.0 Å². The van der Waals surface area contributed by atoms with Gasteiger partial charge in [-0.15, -0.1) is 0 Å². The number of piperidine rings is 1. The molecular formula is C21H23FIN3O2. The minimum atomic E-state index is -0.860. The Morgan fingerprint density at radius 2 is 2.00 bits per heavy atom. The molecule has 2 aliphatic rings. The Labute approximate surface area is 177 Å². The van der Waals surface area contributed by atoms with Gasteiger partial charge in [-0.05, 0) is 72.3 Å². The van der Waals surface area contributed by atoms with Gasteiger partial charge in [-0.25, -0.2) is 4.39 Å². The minimum absolute atomic E-state index is 0.0413. The maximum atomic E-state index is 14.2. The molecule has 2 aromatic rings. The maximum Gasteiger partial charge on any atom is 0.256 e. The number of para-hydroxylation sites is 1. The number of hydrogen-bond acceptors (Lipinski definition) is 4. The van der Waals surface area contributed by atoms with Crippen LogP contribution in [0.3, 0.4) is 0 Å². The molecule has 4 rings (SSSR count). The number of nitrogens with zero attached hydrogens (tertiary/aromatic N) is 1. The second-order valence-electron chi connectivity index (χ2n) is 7.56. The van der Waals surface area contributed by atoms with Gasteiger partial charge in [-0.3, -0.25) is 4.79 Å². The summed E-state index contributed by atoms with van der Waals surface area (Å²) in [5, 5.41) is 17.3. The molecule has 2 aromatic carbocycles. The largest absolute Gasteiger partial charge is 0.385 e. The van der Waals surface area contributed by atoms with Crippen LogP contribution in [0, 0.1) is 9.39 Å². The van der Waals surface area contributed by atoms with Gasteiger partial charge in [0.25, 0.3) is 5.91 Å². The topological polar surface area (TPSA) is 64.6 Å². The Hall–Kier alpha value is -1.71. The van der Waals surface area contributed by atoms with Gasteiger partial charge in [0.1, 0.15) is 11.4 Å². The second kappa shape index (κ2) is 7.96. The van der Waals surface area contributed by atoms with Crippen LogP contribution in [0.5, 0.6) is 0 Å². The first-order valence-electron chi connectivity index (χ1n) is 9.52. The van der Waals surface area contributed by atoms with Crippen LogP contribution in [0.15, 0.2) is 42.5 Å². The maximum absolute atomic E-state index is 14.2. The van der Waals surface area contributed by atoms with E-state index in [-0.39, 0.29) is 17.8 Å². The molecule has 0 radical (unpaired) electrons. The van der Waals surface area contributed by atoms with Gasteiger partial charge in [-0.2, -0.15) is 0 Å². The van der Waals surface area contributed by atoms with E-state index in [0.717, 1.165) is 29.4 Å². The van der Waals surface area contributed by atoms with Crippen molar-refractivity contribution in [3.8, 4) is 0 Å². The van der Waals surface area contributed by atoms with Crippen molar-refractivity contribution in [3.63, 3.8) is 0 Å². The SMILES string of the molecule is O=C(c1ccccc1Nc1ccc(I)cc1F)N1CC(O)(C2CCCCN2)C1. The lowest BCUT2D eigenvalue weighted by atomic mass is 9.81. The van der Waals surface area contributed by atoms with Crippen molar-refractivity contribution < 1.29 is 14.3 Å². The van der Waals surface area contributed by atoms with Crippen LogP contribution < -0.4 is 10.6 Å². The van der Waals surface area contributed by atoms with Crippen molar-refractivity contribution >= 4 is 39.9 Å². The number of hydrogen-bond donors (Lipinski definition) is 3. The zero-order valence-electron chi connectivity index (χ0n) is 15.4. The fourth-order valence-corrected chi connectivity index (χ4v) is 4.43. The number of halogens is 2. The molecule has 7 heteroatoms. The normalized spacial score (nSPS) is 21.1. The van der Waals surface area contributed by atoms with Crippen LogP contribution in [-0.2, 0) is 0 Å². The molecule has 5 nitrogen and oxygen atoms in total. The third-order valence-electron chi connectivity index (χ3n) is 5.53. The van der Waals surface area contributed by atoms with Crippen LogP contribution in [0.25, 0.3) is 0 Å². The Morgan fingerprint density at radius 1 is 1.21 bits per heavy atom. The second-order valence-corrected chi connectivity index (χ2v) is 8.81. The van der Waals surface area contributed by atoms with Gasteiger partial charge in [0, 0.05) is 9.61 Å². The van der Waals surface area contributed by atoms with Crippen molar-refractivity contribution in [1.82, 2.24) is 10.2 Å². The minimum Gasteiger partial charge on any atom is -0.385 e. The third kappa shape index (κ3) is 3.88. The molecule has 1 atom stereocenters. The standard InChI is InChI=1S/C21H23FIN3O2/c22-16-11-14(23)8-9-18(16)25-17-6-2-1-5-15(17)20(27)26-12-21(28,13-26)19-7-3-4-10-24-19/h1-2,5-6,8-9,11,19,24-25,28H,3-4,7,10,12-13H2. The molecule has 2 saturated heterocycles. The number of anilines is 2. The summed E-state index contributed by atoms with van der Waals surface area (Å²) in [5.41, 5.74) is 0.492. The quantitative estimate of drug-likeness (QED) is 0.569. The highest BCUT2D eigenvalue weighted by molar-refractivity contribution is 14.1. The number of likely N-dealkylation sites (tertiary alicyclic amines) is 1. The van der Waals surface area contributed by atoms with Crippen molar-refractivity contribution in [1.29, 1.82) is 0 Å². The van der Waals surface area contributed by atoms with Crippen LogP contribution in [0.4, 0.5) is 15.8 Å². The van der Waals surface area contributed by atoms with Crippen molar-refractivity contribution in [3.05, 3.63) is 57.4 Å². The van der Waals surface area contributed by atoms with Crippen LogP contribution >= 0.6 is 22.6 Å². The molecule has 2 fully saturated rings.